The molecule has 3 aromatic rings. The van der Waals surface area contributed by atoms with Gasteiger partial charge in [-0.3, -0.25) is 4.79 Å². The Hall–Kier alpha value is -3.13. The van der Waals surface area contributed by atoms with E-state index in [-0.39, 0.29) is 11.4 Å². The predicted octanol–water partition coefficient (Wildman–Crippen LogP) is 4.83. The highest BCUT2D eigenvalue weighted by molar-refractivity contribution is 7.13. The van der Waals surface area contributed by atoms with Crippen molar-refractivity contribution in [3.63, 3.8) is 0 Å². The fraction of sp³-hybridized carbons (Fsp3) is 0.190. The van der Waals surface area contributed by atoms with E-state index in [9.17, 15) is 18.4 Å². The summed E-state index contributed by atoms with van der Waals surface area (Å²) in [4.78, 5) is 28.7. The lowest BCUT2D eigenvalue weighted by molar-refractivity contribution is -0.123. The zero-order valence-corrected chi connectivity index (χ0v) is 16.6. The maximum absolute atomic E-state index is 13.2. The van der Waals surface area contributed by atoms with Gasteiger partial charge in [0.05, 0.1) is 0 Å². The van der Waals surface area contributed by atoms with Crippen LogP contribution in [-0.2, 0) is 16.0 Å². The number of amides is 1. The Morgan fingerprint density at radius 3 is 2.52 bits per heavy atom. The molecule has 0 aliphatic rings. The van der Waals surface area contributed by atoms with Gasteiger partial charge in [0, 0.05) is 22.7 Å². The summed E-state index contributed by atoms with van der Waals surface area (Å²) in [5.41, 5.74) is 2.24. The summed E-state index contributed by atoms with van der Waals surface area (Å²) >= 11 is 1.30. The monoisotopic (exact) mass is 416 g/mol. The van der Waals surface area contributed by atoms with Gasteiger partial charge in [0.2, 0.25) is 0 Å². The molecule has 0 aliphatic heterocycles. The molecule has 0 radical (unpaired) electrons. The van der Waals surface area contributed by atoms with Gasteiger partial charge < -0.3 is 10.1 Å². The fourth-order valence-electron chi connectivity index (χ4n) is 2.48. The number of nitrogens with one attached hydrogen (secondary N) is 1. The number of carbonyl (C=O) groups is 2. The maximum Gasteiger partial charge on any atom is 0.358 e. The number of benzene rings is 2. The summed E-state index contributed by atoms with van der Waals surface area (Å²) in [6.07, 6.45) is -0.218. The number of esters is 1. The van der Waals surface area contributed by atoms with Crippen molar-refractivity contribution >= 4 is 28.9 Å². The van der Waals surface area contributed by atoms with Gasteiger partial charge in [-0.1, -0.05) is 31.2 Å². The summed E-state index contributed by atoms with van der Waals surface area (Å²) in [5, 5.41) is 4.59. The number of hydrogen-bond donors (Lipinski definition) is 1. The first-order chi connectivity index (χ1) is 13.9. The van der Waals surface area contributed by atoms with E-state index in [0.29, 0.717) is 5.01 Å². The Bertz CT molecular complexity index is 1030. The molecule has 1 aromatic heterocycles. The number of thiazole rings is 1. The number of nitrogens with zero attached hydrogens (tertiary/aromatic N) is 1. The minimum Gasteiger partial charge on any atom is -0.448 e. The molecule has 0 unspecified atom stereocenters. The van der Waals surface area contributed by atoms with Crippen molar-refractivity contribution in [2.24, 2.45) is 0 Å². The molecule has 29 heavy (non-hydrogen) atoms. The van der Waals surface area contributed by atoms with Crippen LogP contribution < -0.4 is 5.32 Å². The molecule has 1 heterocycles. The Balaban J connectivity index is 1.62. The first kappa shape index (κ1) is 20.6. The third-order valence-electron chi connectivity index (χ3n) is 4.16. The molecule has 0 spiro atoms. The predicted molar refractivity (Wildman–Crippen MR) is 107 cm³/mol. The Labute approximate surface area is 170 Å². The molecule has 0 saturated heterocycles. The zero-order valence-electron chi connectivity index (χ0n) is 15.7. The smallest absolute Gasteiger partial charge is 0.358 e. The highest BCUT2D eigenvalue weighted by Gasteiger charge is 2.21. The minimum atomic E-state index is -1.15. The molecule has 3 rings (SSSR count). The molecule has 1 N–H and O–H groups in total. The molecule has 150 valence electrons. The summed E-state index contributed by atoms with van der Waals surface area (Å²) in [7, 11) is 0. The highest BCUT2D eigenvalue weighted by Crippen LogP contribution is 2.24. The second kappa shape index (κ2) is 8.91. The third kappa shape index (κ3) is 5.03. The zero-order chi connectivity index (χ0) is 21.0. The quantitative estimate of drug-likeness (QED) is 0.584. The minimum absolute atomic E-state index is 0.0586. The molecule has 0 fully saturated rings. The molecule has 0 bridgehead atoms. The van der Waals surface area contributed by atoms with Gasteiger partial charge in [-0.15, -0.1) is 11.3 Å². The van der Waals surface area contributed by atoms with E-state index in [1.807, 2.05) is 24.3 Å². The maximum atomic E-state index is 13.2. The standard InChI is InChI=1S/C21H18F2N2O3S/c1-3-13-4-6-14(7-5-13)20-25-18(11-29-20)21(27)28-12(2)19(26)24-15-8-9-16(22)17(23)10-15/h4-12H,3H2,1-2H3,(H,24,26)/t12-/m0/s1. The van der Waals surface area contributed by atoms with E-state index in [2.05, 4.69) is 17.2 Å². The highest BCUT2D eigenvalue weighted by atomic mass is 32.1. The number of halogens is 2. The van der Waals surface area contributed by atoms with Gasteiger partial charge in [0.15, 0.2) is 23.4 Å². The van der Waals surface area contributed by atoms with Crippen LogP contribution in [0.15, 0.2) is 47.8 Å². The molecule has 0 saturated carbocycles. The van der Waals surface area contributed by atoms with Crippen molar-refractivity contribution in [3.05, 3.63) is 70.7 Å². The number of aryl methyl sites for hydroxylation is 1. The van der Waals surface area contributed by atoms with Crippen LogP contribution in [0.25, 0.3) is 10.6 Å². The van der Waals surface area contributed by atoms with Gasteiger partial charge in [-0.2, -0.15) is 0 Å². The SMILES string of the molecule is CCc1ccc(-c2nc(C(=O)O[C@@H](C)C(=O)Nc3ccc(F)c(F)c3)cs2)cc1. The van der Waals surface area contributed by atoms with Gasteiger partial charge in [-0.05, 0) is 31.0 Å². The lowest BCUT2D eigenvalue weighted by atomic mass is 10.1. The molecular formula is C21H18F2N2O3S. The number of ether oxygens (including phenoxy) is 1. The van der Waals surface area contributed by atoms with Crippen LogP contribution in [0.2, 0.25) is 0 Å². The number of hydrogen-bond acceptors (Lipinski definition) is 5. The van der Waals surface area contributed by atoms with Crippen LogP contribution in [-0.4, -0.2) is 23.0 Å². The van der Waals surface area contributed by atoms with Crippen LogP contribution in [0.3, 0.4) is 0 Å². The van der Waals surface area contributed by atoms with E-state index in [1.54, 1.807) is 5.38 Å². The third-order valence-corrected chi connectivity index (χ3v) is 5.05. The van der Waals surface area contributed by atoms with Crippen molar-refractivity contribution in [1.82, 2.24) is 4.98 Å². The van der Waals surface area contributed by atoms with E-state index < -0.39 is 29.6 Å². The lowest BCUT2D eigenvalue weighted by Crippen LogP contribution is -2.30. The van der Waals surface area contributed by atoms with Gasteiger partial charge in [0.1, 0.15) is 5.01 Å². The lowest BCUT2D eigenvalue weighted by Gasteiger charge is -2.13. The Kier molecular flexibility index (Phi) is 6.33. The first-order valence-corrected chi connectivity index (χ1v) is 9.77. The summed E-state index contributed by atoms with van der Waals surface area (Å²) in [5.74, 6) is -3.53. The molecule has 8 heteroatoms. The van der Waals surface area contributed by atoms with Crippen LogP contribution in [0.4, 0.5) is 14.5 Å². The largest absolute Gasteiger partial charge is 0.448 e. The molecule has 0 aliphatic carbocycles. The number of aromatic nitrogens is 1. The van der Waals surface area contributed by atoms with Crippen molar-refractivity contribution < 1.29 is 23.1 Å². The second-order valence-electron chi connectivity index (χ2n) is 6.25. The second-order valence-corrected chi connectivity index (χ2v) is 7.11. The van der Waals surface area contributed by atoms with Crippen LogP contribution >= 0.6 is 11.3 Å². The molecule has 1 amide bonds. The topological polar surface area (TPSA) is 68.3 Å². The van der Waals surface area contributed by atoms with Crippen molar-refractivity contribution in [2.75, 3.05) is 5.32 Å². The fourth-order valence-corrected chi connectivity index (χ4v) is 3.27. The summed E-state index contributed by atoms with van der Waals surface area (Å²) < 4.78 is 31.3. The number of anilines is 1. The average Bonchev–Trinajstić information content (AvgIpc) is 3.21. The molecule has 5 nitrogen and oxygen atoms in total. The van der Waals surface area contributed by atoms with Gasteiger partial charge >= 0.3 is 5.97 Å². The number of carbonyl (C=O) groups excluding carboxylic acids is 2. The van der Waals surface area contributed by atoms with Crippen molar-refractivity contribution in [2.45, 2.75) is 26.4 Å². The Morgan fingerprint density at radius 2 is 1.86 bits per heavy atom. The van der Waals surface area contributed by atoms with Crippen LogP contribution in [0.5, 0.6) is 0 Å². The van der Waals surface area contributed by atoms with Crippen molar-refractivity contribution in [1.29, 1.82) is 0 Å². The normalized spacial score (nSPS) is 11.7. The summed E-state index contributed by atoms with van der Waals surface area (Å²) in [6, 6.07) is 10.8. The Morgan fingerprint density at radius 1 is 1.14 bits per heavy atom. The average molecular weight is 416 g/mol. The van der Waals surface area contributed by atoms with E-state index >= 15 is 0 Å². The van der Waals surface area contributed by atoms with Gasteiger partial charge in [-0.25, -0.2) is 18.6 Å². The summed E-state index contributed by atoms with van der Waals surface area (Å²) in [6.45, 7) is 3.44. The van der Waals surface area contributed by atoms with Gasteiger partial charge in [0.25, 0.3) is 5.91 Å². The van der Waals surface area contributed by atoms with E-state index in [1.165, 1.54) is 29.9 Å². The van der Waals surface area contributed by atoms with E-state index in [0.717, 1.165) is 24.1 Å². The molecule has 2 aromatic carbocycles. The first-order valence-electron chi connectivity index (χ1n) is 8.89. The molecule has 1 atom stereocenters. The van der Waals surface area contributed by atoms with E-state index in [4.69, 9.17) is 4.74 Å². The van der Waals surface area contributed by atoms with Crippen LogP contribution in [0.1, 0.15) is 29.9 Å². The number of rotatable bonds is 6. The van der Waals surface area contributed by atoms with Crippen molar-refractivity contribution in [3.8, 4) is 10.6 Å². The molecular weight excluding hydrogens is 398 g/mol. The van der Waals surface area contributed by atoms with Crippen LogP contribution in [0, 0.1) is 11.6 Å².